The second kappa shape index (κ2) is 3.26. The van der Waals surface area contributed by atoms with Gasteiger partial charge >= 0.3 is 0 Å². The number of rotatable bonds is 3. The number of epoxide rings is 1. The average molecular weight is 195 g/mol. The Kier molecular flexibility index (Phi) is 2.09. The van der Waals surface area contributed by atoms with Gasteiger partial charge in [-0.15, -0.1) is 0 Å². The number of hydrogen-bond acceptors (Lipinski definition) is 4. The molecule has 0 amide bonds. The van der Waals surface area contributed by atoms with E-state index in [9.17, 15) is 10.1 Å². The zero-order valence-electron chi connectivity index (χ0n) is 7.60. The molecule has 1 aromatic carbocycles. The van der Waals surface area contributed by atoms with Crippen molar-refractivity contribution in [1.29, 1.82) is 0 Å². The summed E-state index contributed by atoms with van der Waals surface area (Å²) in [5.41, 5.74) is 0.907. The summed E-state index contributed by atoms with van der Waals surface area (Å²) in [6, 6.07) is 4.55. The Bertz CT molecular complexity index is 373. The van der Waals surface area contributed by atoms with Crippen LogP contribution in [-0.2, 0) is 4.74 Å². The number of methoxy groups -OCH3 is 1. The van der Waals surface area contributed by atoms with Crippen molar-refractivity contribution in [1.82, 2.24) is 0 Å². The minimum absolute atomic E-state index is 0.0336. The molecule has 2 rings (SSSR count). The minimum Gasteiger partial charge on any atom is -0.496 e. The minimum atomic E-state index is -0.444. The highest BCUT2D eigenvalue weighted by Gasteiger charge is 2.29. The predicted molar refractivity (Wildman–Crippen MR) is 48.3 cm³/mol. The quantitative estimate of drug-likeness (QED) is 0.418. The van der Waals surface area contributed by atoms with Gasteiger partial charge in [0, 0.05) is 11.6 Å². The topological polar surface area (TPSA) is 64.9 Å². The molecule has 74 valence electrons. The molecule has 0 aromatic heterocycles. The van der Waals surface area contributed by atoms with Crippen molar-refractivity contribution in [3.63, 3.8) is 0 Å². The standard InChI is InChI=1S/C9H9NO4/c1-13-8-4-6(10(11)12)2-3-7(8)9-5-14-9/h2-4,9H,5H2,1H3/t9-/m0/s1. The highest BCUT2D eigenvalue weighted by molar-refractivity contribution is 5.46. The van der Waals surface area contributed by atoms with Crippen LogP contribution in [0.5, 0.6) is 5.75 Å². The molecule has 0 radical (unpaired) electrons. The molecule has 0 unspecified atom stereocenters. The first-order valence-electron chi connectivity index (χ1n) is 4.16. The summed E-state index contributed by atoms with van der Waals surface area (Å²) >= 11 is 0. The van der Waals surface area contributed by atoms with Crippen molar-refractivity contribution < 1.29 is 14.4 Å². The molecular formula is C9H9NO4. The molecule has 0 bridgehead atoms. The highest BCUT2D eigenvalue weighted by Crippen LogP contribution is 2.37. The zero-order chi connectivity index (χ0) is 10.1. The molecule has 1 atom stereocenters. The predicted octanol–water partition coefficient (Wildman–Crippen LogP) is 1.67. The van der Waals surface area contributed by atoms with Crippen LogP contribution in [0.25, 0.3) is 0 Å². The second-order valence-corrected chi connectivity index (χ2v) is 3.01. The molecule has 0 N–H and O–H groups in total. The van der Waals surface area contributed by atoms with Gasteiger partial charge in [-0.2, -0.15) is 0 Å². The fraction of sp³-hybridized carbons (Fsp3) is 0.333. The van der Waals surface area contributed by atoms with E-state index in [1.807, 2.05) is 0 Å². The molecule has 0 aliphatic carbocycles. The van der Waals surface area contributed by atoms with E-state index in [1.54, 1.807) is 6.07 Å². The molecule has 1 aliphatic heterocycles. The Hall–Kier alpha value is -1.62. The van der Waals surface area contributed by atoms with E-state index in [4.69, 9.17) is 9.47 Å². The second-order valence-electron chi connectivity index (χ2n) is 3.01. The van der Waals surface area contributed by atoms with Crippen LogP contribution >= 0.6 is 0 Å². The summed E-state index contributed by atoms with van der Waals surface area (Å²) in [5.74, 6) is 0.515. The zero-order valence-corrected chi connectivity index (χ0v) is 7.60. The van der Waals surface area contributed by atoms with E-state index in [-0.39, 0.29) is 11.8 Å². The van der Waals surface area contributed by atoms with Crippen molar-refractivity contribution in [2.24, 2.45) is 0 Å². The van der Waals surface area contributed by atoms with Gasteiger partial charge in [0.25, 0.3) is 5.69 Å². The number of ether oxygens (including phenoxy) is 2. The Labute approximate surface area is 80.4 Å². The van der Waals surface area contributed by atoms with Crippen LogP contribution in [0.2, 0.25) is 0 Å². The monoisotopic (exact) mass is 195 g/mol. The Morgan fingerprint density at radius 2 is 2.36 bits per heavy atom. The first-order chi connectivity index (χ1) is 6.72. The Morgan fingerprint density at radius 3 is 2.86 bits per heavy atom. The fourth-order valence-electron chi connectivity index (χ4n) is 1.31. The van der Waals surface area contributed by atoms with Gasteiger partial charge in [-0.25, -0.2) is 0 Å². The molecule has 1 saturated heterocycles. The van der Waals surface area contributed by atoms with Gasteiger partial charge in [0.05, 0.1) is 24.7 Å². The molecule has 14 heavy (non-hydrogen) atoms. The van der Waals surface area contributed by atoms with E-state index in [2.05, 4.69) is 0 Å². The van der Waals surface area contributed by atoms with Crippen molar-refractivity contribution in [2.45, 2.75) is 6.10 Å². The summed E-state index contributed by atoms with van der Waals surface area (Å²) in [5, 5.41) is 10.5. The van der Waals surface area contributed by atoms with Crippen LogP contribution in [0, 0.1) is 10.1 Å². The first-order valence-corrected chi connectivity index (χ1v) is 4.16. The van der Waals surface area contributed by atoms with E-state index in [0.29, 0.717) is 12.4 Å². The highest BCUT2D eigenvalue weighted by atomic mass is 16.6. The van der Waals surface area contributed by atoms with Gasteiger partial charge in [0.15, 0.2) is 0 Å². The third kappa shape index (κ3) is 1.54. The lowest BCUT2D eigenvalue weighted by atomic mass is 10.1. The molecule has 1 aliphatic rings. The molecule has 1 fully saturated rings. The number of benzene rings is 1. The van der Waals surface area contributed by atoms with Crippen molar-refractivity contribution >= 4 is 5.69 Å². The summed E-state index contributed by atoms with van der Waals surface area (Å²) in [6.07, 6.45) is 0.0470. The maximum Gasteiger partial charge on any atom is 0.273 e. The molecule has 5 heteroatoms. The van der Waals surface area contributed by atoms with Gasteiger partial charge in [0.1, 0.15) is 11.9 Å². The van der Waals surface area contributed by atoms with Crippen LogP contribution in [-0.4, -0.2) is 18.6 Å². The maximum absolute atomic E-state index is 10.5. The Morgan fingerprint density at radius 1 is 1.64 bits per heavy atom. The maximum atomic E-state index is 10.5. The Balaban J connectivity index is 2.38. The number of nitro benzene ring substituents is 1. The van der Waals surface area contributed by atoms with Crippen LogP contribution in [0.4, 0.5) is 5.69 Å². The molecule has 0 spiro atoms. The molecule has 0 saturated carbocycles. The lowest BCUT2D eigenvalue weighted by Gasteiger charge is -2.04. The SMILES string of the molecule is COc1cc([N+](=O)[O-])ccc1[C@@H]1CO1. The lowest BCUT2D eigenvalue weighted by molar-refractivity contribution is -0.384. The average Bonchev–Trinajstić information content (AvgIpc) is 3.00. The third-order valence-electron chi connectivity index (χ3n) is 2.11. The van der Waals surface area contributed by atoms with Crippen LogP contribution in [0.15, 0.2) is 18.2 Å². The fourth-order valence-corrected chi connectivity index (χ4v) is 1.31. The number of non-ortho nitro benzene ring substituents is 1. The summed E-state index contributed by atoms with van der Waals surface area (Å²) < 4.78 is 10.1. The van der Waals surface area contributed by atoms with E-state index in [0.717, 1.165) is 5.56 Å². The third-order valence-corrected chi connectivity index (χ3v) is 2.11. The first kappa shape index (κ1) is 8.96. The van der Waals surface area contributed by atoms with E-state index < -0.39 is 4.92 Å². The summed E-state index contributed by atoms with van der Waals surface area (Å²) in [6.45, 7) is 0.661. The van der Waals surface area contributed by atoms with E-state index >= 15 is 0 Å². The van der Waals surface area contributed by atoms with Gasteiger partial charge in [-0.3, -0.25) is 10.1 Å². The number of nitrogens with zero attached hydrogens (tertiary/aromatic N) is 1. The molecule has 1 heterocycles. The van der Waals surface area contributed by atoms with Crippen LogP contribution < -0.4 is 4.74 Å². The summed E-state index contributed by atoms with van der Waals surface area (Å²) in [7, 11) is 1.49. The molecule has 1 aromatic rings. The number of hydrogen-bond donors (Lipinski definition) is 0. The van der Waals surface area contributed by atoms with Gasteiger partial charge in [-0.05, 0) is 6.07 Å². The molecular weight excluding hydrogens is 186 g/mol. The number of nitro groups is 1. The normalized spacial score (nSPS) is 19.1. The van der Waals surface area contributed by atoms with Crippen molar-refractivity contribution in [3.8, 4) is 5.75 Å². The van der Waals surface area contributed by atoms with Gasteiger partial charge in [-0.1, -0.05) is 0 Å². The van der Waals surface area contributed by atoms with Crippen LogP contribution in [0.3, 0.4) is 0 Å². The van der Waals surface area contributed by atoms with Crippen LogP contribution in [0.1, 0.15) is 11.7 Å². The van der Waals surface area contributed by atoms with Crippen molar-refractivity contribution in [3.05, 3.63) is 33.9 Å². The van der Waals surface area contributed by atoms with Gasteiger partial charge < -0.3 is 9.47 Å². The van der Waals surface area contributed by atoms with E-state index in [1.165, 1.54) is 19.2 Å². The largest absolute Gasteiger partial charge is 0.496 e. The summed E-state index contributed by atoms with van der Waals surface area (Å²) in [4.78, 5) is 10.0. The van der Waals surface area contributed by atoms with Crippen molar-refractivity contribution in [2.75, 3.05) is 13.7 Å². The molecule has 5 nitrogen and oxygen atoms in total. The van der Waals surface area contributed by atoms with Gasteiger partial charge in [0.2, 0.25) is 0 Å². The lowest BCUT2D eigenvalue weighted by Crippen LogP contribution is -1.94. The smallest absolute Gasteiger partial charge is 0.273 e.